The molecule has 0 aliphatic carbocycles. The molecule has 0 aromatic heterocycles. The van der Waals surface area contributed by atoms with E-state index in [0.29, 0.717) is 0 Å². The van der Waals surface area contributed by atoms with Crippen LogP contribution in [0.3, 0.4) is 0 Å². The Labute approximate surface area is 111 Å². The molecule has 0 saturated heterocycles. The van der Waals surface area contributed by atoms with Gasteiger partial charge in [0.15, 0.2) is 0 Å². The molecule has 0 bridgehead atoms. The van der Waals surface area contributed by atoms with Crippen LogP contribution in [0.15, 0.2) is 18.2 Å². The van der Waals surface area contributed by atoms with Gasteiger partial charge in [0.1, 0.15) is 17.1 Å². The number of carboxylic acids is 1. The average Bonchev–Trinajstić information content (AvgIpc) is 1.85. The molecule has 1 rings (SSSR count). The molecule has 4 nitrogen and oxygen atoms in total. The minimum absolute atomic E-state index is 0. The third-order valence-corrected chi connectivity index (χ3v) is 1.21. The van der Waals surface area contributed by atoms with Crippen molar-refractivity contribution in [2.75, 3.05) is 0 Å². The molecule has 0 radical (unpaired) electrons. The molecule has 60 valence electrons. The normalized spacial score (nSPS) is 8.67. The fourth-order valence-corrected chi connectivity index (χ4v) is 0.701. The van der Waals surface area contributed by atoms with Gasteiger partial charge < -0.3 is 15.3 Å². The van der Waals surface area contributed by atoms with Crippen LogP contribution in [0.5, 0.6) is 11.5 Å². The van der Waals surface area contributed by atoms with Gasteiger partial charge in [0.2, 0.25) is 0 Å². The number of aromatic hydroxyl groups is 2. The van der Waals surface area contributed by atoms with Gasteiger partial charge in [-0.15, -0.1) is 0 Å². The summed E-state index contributed by atoms with van der Waals surface area (Å²) in [5.74, 6) is -1.81. The summed E-state index contributed by atoms with van der Waals surface area (Å²) in [5.41, 5.74) is -0.220. The first-order valence-corrected chi connectivity index (χ1v) is 2.86. The standard InChI is InChI=1S/C7H6O4.K.H/c8-4-1-2-5(7(10)11)6(9)3-4;;/h1-3,8-9H,(H,10,11);;. The zero-order valence-corrected chi connectivity index (χ0v) is 5.48. The number of hydrogen-bond acceptors (Lipinski definition) is 3. The van der Waals surface area contributed by atoms with Crippen molar-refractivity contribution in [1.29, 1.82) is 0 Å². The number of carboxylic acid groups (broad SMARTS) is 1. The van der Waals surface area contributed by atoms with Crippen LogP contribution >= 0.6 is 0 Å². The molecular weight excluding hydrogens is 187 g/mol. The fourth-order valence-electron chi connectivity index (χ4n) is 0.701. The molecule has 5 heteroatoms. The van der Waals surface area contributed by atoms with Crippen LogP contribution in [-0.2, 0) is 0 Å². The summed E-state index contributed by atoms with van der Waals surface area (Å²) in [7, 11) is 0. The van der Waals surface area contributed by atoms with Gasteiger partial charge >= 0.3 is 57.4 Å². The summed E-state index contributed by atoms with van der Waals surface area (Å²) >= 11 is 0. The molecule has 0 aliphatic heterocycles. The molecule has 12 heavy (non-hydrogen) atoms. The zero-order chi connectivity index (χ0) is 8.43. The second-order valence-electron chi connectivity index (χ2n) is 2.01. The summed E-state index contributed by atoms with van der Waals surface area (Å²) in [4.78, 5) is 10.3. The van der Waals surface area contributed by atoms with Crippen LogP contribution in [0.4, 0.5) is 0 Å². The van der Waals surface area contributed by atoms with Crippen molar-refractivity contribution in [3.05, 3.63) is 23.8 Å². The number of rotatable bonds is 1. The number of phenols is 2. The van der Waals surface area contributed by atoms with Crippen molar-refractivity contribution >= 4 is 57.4 Å². The maximum atomic E-state index is 10.3. The first-order valence-electron chi connectivity index (χ1n) is 2.86. The number of phenolic OH excluding ortho intramolecular Hbond substituents is 1. The molecule has 0 unspecified atom stereocenters. The summed E-state index contributed by atoms with van der Waals surface area (Å²) in [6, 6.07) is 3.31. The van der Waals surface area contributed by atoms with E-state index in [-0.39, 0.29) is 62.7 Å². The molecule has 0 fully saturated rings. The van der Waals surface area contributed by atoms with E-state index in [9.17, 15) is 4.79 Å². The van der Waals surface area contributed by atoms with Crippen molar-refractivity contribution in [3.8, 4) is 11.5 Å². The van der Waals surface area contributed by atoms with Crippen molar-refractivity contribution in [2.45, 2.75) is 0 Å². The Morgan fingerprint density at radius 1 is 1.25 bits per heavy atom. The average molecular weight is 194 g/mol. The Bertz CT molecular complexity index is 297. The predicted molar refractivity (Wildman–Crippen MR) is 43.9 cm³/mol. The number of hydrogen-bond donors (Lipinski definition) is 3. The van der Waals surface area contributed by atoms with Gasteiger partial charge in [0.25, 0.3) is 0 Å². The Morgan fingerprint density at radius 3 is 2.25 bits per heavy atom. The molecule has 0 saturated carbocycles. The van der Waals surface area contributed by atoms with Crippen LogP contribution in [0.2, 0.25) is 0 Å². The summed E-state index contributed by atoms with van der Waals surface area (Å²) in [6.07, 6.45) is 0. The van der Waals surface area contributed by atoms with Gasteiger partial charge in [0, 0.05) is 6.07 Å². The number of benzene rings is 1. The second-order valence-corrected chi connectivity index (χ2v) is 2.01. The fraction of sp³-hybridized carbons (Fsp3) is 0. The first-order chi connectivity index (χ1) is 5.11. The quantitative estimate of drug-likeness (QED) is 0.556. The number of carbonyl (C=O) groups is 1. The molecule has 3 N–H and O–H groups in total. The SMILES string of the molecule is O=C(O)c1ccc(O)cc1O.[KH]. The second kappa shape index (κ2) is 4.83. The van der Waals surface area contributed by atoms with E-state index in [1.54, 1.807) is 0 Å². The summed E-state index contributed by atoms with van der Waals surface area (Å²) in [6.45, 7) is 0. The third kappa shape index (κ3) is 2.76. The van der Waals surface area contributed by atoms with E-state index in [1.165, 1.54) is 6.07 Å². The predicted octanol–water partition coefficient (Wildman–Crippen LogP) is 0.147. The van der Waals surface area contributed by atoms with E-state index in [2.05, 4.69) is 0 Å². The van der Waals surface area contributed by atoms with Crippen LogP contribution in [-0.4, -0.2) is 72.7 Å². The van der Waals surface area contributed by atoms with E-state index < -0.39 is 11.7 Å². The Kier molecular flexibility index (Phi) is 4.80. The molecule has 0 spiro atoms. The van der Waals surface area contributed by atoms with E-state index >= 15 is 0 Å². The van der Waals surface area contributed by atoms with Crippen LogP contribution in [0.1, 0.15) is 10.4 Å². The Hall–Kier alpha value is -0.0736. The molecule has 1 aromatic rings. The van der Waals surface area contributed by atoms with Crippen LogP contribution < -0.4 is 0 Å². The van der Waals surface area contributed by atoms with E-state index in [4.69, 9.17) is 15.3 Å². The first kappa shape index (κ1) is 11.9. The van der Waals surface area contributed by atoms with Gasteiger partial charge in [-0.3, -0.25) is 0 Å². The molecule has 0 heterocycles. The van der Waals surface area contributed by atoms with Crippen molar-refractivity contribution in [2.24, 2.45) is 0 Å². The number of aromatic carboxylic acids is 1. The zero-order valence-electron chi connectivity index (χ0n) is 5.48. The van der Waals surface area contributed by atoms with E-state index in [1.807, 2.05) is 0 Å². The van der Waals surface area contributed by atoms with Crippen molar-refractivity contribution in [1.82, 2.24) is 0 Å². The summed E-state index contributed by atoms with van der Waals surface area (Å²) < 4.78 is 0. The van der Waals surface area contributed by atoms with E-state index in [0.717, 1.165) is 12.1 Å². The van der Waals surface area contributed by atoms with Crippen LogP contribution in [0.25, 0.3) is 0 Å². The van der Waals surface area contributed by atoms with Crippen LogP contribution in [0, 0.1) is 0 Å². The monoisotopic (exact) mass is 194 g/mol. The Balaban J connectivity index is 0.00000121. The summed E-state index contributed by atoms with van der Waals surface area (Å²) in [5, 5.41) is 26.1. The van der Waals surface area contributed by atoms with Gasteiger partial charge in [-0.1, -0.05) is 0 Å². The van der Waals surface area contributed by atoms with Crippen molar-refractivity contribution in [3.63, 3.8) is 0 Å². The Morgan fingerprint density at radius 2 is 1.83 bits per heavy atom. The van der Waals surface area contributed by atoms with Gasteiger partial charge in [-0.05, 0) is 12.1 Å². The van der Waals surface area contributed by atoms with Gasteiger partial charge in [-0.2, -0.15) is 0 Å². The third-order valence-electron chi connectivity index (χ3n) is 1.21. The molecule has 0 amide bonds. The van der Waals surface area contributed by atoms with Gasteiger partial charge in [-0.25, -0.2) is 4.79 Å². The minimum atomic E-state index is -1.22. The molecular formula is C7H7KO4. The van der Waals surface area contributed by atoms with Gasteiger partial charge in [0.05, 0.1) is 0 Å². The molecule has 1 aromatic carbocycles. The molecule has 0 aliphatic rings. The van der Waals surface area contributed by atoms with Crippen molar-refractivity contribution < 1.29 is 20.1 Å². The maximum absolute atomic E-state index is 10.3. The topological polar surface area (TPSA) is 77.8 Å². The molecule has 0 atom stereocenters.